The topological polar surface area (TPSA) is 72.9 Å². The van der Waals surface area contributed by atoms with Gasteiger partial charge in [-0.05, 0) is 24.5 Å². The first kappa shape index (κ1) is 20.0. The summed E-state index contributed by atoms with van der Waals surface area (Å²) in [6.45, 7) is 3.08. The van der Waals surface area contributed by atoms with E-state index in [9.17, 15) is 9.59 Å². The molecular formula is C24H24FN5O3. The zero-order chi connectivity index (χ0) is 22.5. The third-order valence-corrected chi connectivity index (χ3v) is 6.41. The Labute approximate surface area is 188 Å². The van der Waals surface area contributed by atoms with Gasteiger partial charge in [0.15, 0.2) is 0 Å². The average molecular weight is 449 g/mol. The zero-order valence-corrected chi connectivity index (χ0v) is 18.0. The van der Waals surface area contributed by atoms with Crippen LogP contribution in [0.15, 0.2) is 58.1 Å². The van der Waals surface area contributed by atoms with Gasteiger partial charge in [-0.3, -0.25) is 4.79 Å². The summed E-state index contributed by atoms with van der Waals surface area (Å²) in [5, 5.41) is 3.28. The molecule has 0 atom stereocenters. The van der Waals surface area contributed by atoms with E-state index >= 15 is 4.39 Å². The minimum atomic E-state index is -0.632. The second kappa shape index (κ2) is 7.77. The van der Waals surface area contributed by atoms with Gasteiger partial charge in [0.2, 0.25) is 0 Å². The lowest BCUT2D eigenvalue weighted by Gasteiger charge is -2.29. The monoisotopic (exact) mass is 449 g/mol. The highest BCUT2D eigenvalue weighted by molar-refractivity contribution is 5.85. The summed E-state index contributed by atoms with van der Waals surface area (Å²) in [4.78, 5) is 33.9. The van der Waals surface area contributed by atoms with E-state index in [1.165, 1.54) is 16.5 Å². The molecule has 0 radical (unpaired) electrons. The van der Waals surface area contributed by atoms with E-state index in [2.05, 4.69) is 5.32 Å². The van der Waals surface area contributed by atoms with Crippen LogP contribution in [0.4, 0.5) is 10.1 Å². The van der Waals surface area contributed by atoms with Gasteiger partial charge < -0.3 is 19.6 Å². The first-order valence-electron chi connectivity index (χ1n) is 11.3. The van der Waals surface area contributed by atoms with E-state index in [0.717, 1.165) is 41.7 Å². The Morgan fingerprint density at radius 2 is 1.76 bits per heavy atom. The minimum Gasteiger partial charge on any atom is -0.401 e. The average Bonchev–Trinajstić information content (AvgIpc) is 3.62. The van der Waals surface area contributed by atoms with Crippen molar-refractivity contribution < 1.29 is 9.23 Å². The van der Waals surface area contributed by atoms with Gasteiger partial charge in [0.1, 0.15) is 18.1 Å². The van der Waals surface area contributed by atoms with Crippen molar-refractivity contribution in [3.8, 4) is 0 Å². The lowest BCUT2D eigenvalue weighted by Crippen LogP contribution is -2.43. The molecule has 1 N–H and O–H groups in total. The molecule has 1 aliphatic heterocycles. The predicted molar refractivity (Wildman–Crippen MR) is 123 cm³/mol. The van der Waals surface area contributed by atoms with Crippen molar-refractivity contribution in [1.29, 1.82) is 0 Å². The molecule has 33 heavy (non-hydrogen) atoms. The maximum atomic E-state index is 15.3. The summed E-state index contributed by atoms with van der Waals surface area (Å²) in [6, 6.07) is 14.1. The van der Waals surface area contributed by atoms with Crippen molar-refractivity contribution in [2.75, 3.05) is 31.1 Å². The molecule has 0 amide bonds. The van der Waals surface area contributed by atoms with Gasteiger partial charge in [0, 0.05) is 44.4 Å². The fraction of sp³-hybridized carbons (Fsp3) is 0.333. The highest BCUT2D eigenvalue weighted by atomic mass is 19.1. The van der Waals surface area contributed by atoms with Gasteiger partial charge >= 0.3 is 5.69 Å². The van der Waals surface area contributed by atoms with Crippen molar-refractivity contribution in [2.24, 2.45) is 0 Å². The number of nitrogens with zero attached hydrogens (tertiary/aromatic N) is 4. The molecule has 8 nitrogen and oxygen atoms in total. The van der Waals surface area contributed by atoms with E-state index in [1.807, 2.05) is 45.9 Å². The van der Waals surface area contributed by atoms with Crippen LogP contribution in [0.3, 0.4) is 0 Å². The number of nitrogens with one attached hydrogen (secondary N) is 1. The molecule has 6 rings (SSSR count). The van der Waals surface area contributed by atoms with Crippen molar-refractivity contribution in [1.82, 2.24) is 19.0 Å². The lowest BCUT2D eigenvalue weighted by atomic mass is 10.2. The van der Waals surface area contributed by atoms with E-state index in [-0.39, 0.29) is 18.5 Å². The fourth-order valence-corrected chi connectivity index (χ4v) is 4.65. The maximum Gasteiger partial charge on any atom is 0.370 e. The zero-order valence-electron chi connectivity index (χ0n) is 18.0. The molecule has 0 unspecified atom stereocenters. The van der Waals surface area contributed by atoms with Crippen molar-refractivity contribution in [3.63, 3.8) is 0 Å². The molecule has 1 aliphatic carbocycles. The molecule has 1 saturated heterocycles. The first-order valence-corrected chi connectivity index (χ1v) is 11.3. The number of benzene rings is 2. The number of aromatic nitrogens is 3. The Bertz CT molecular complexity index is 1460. The standard InChI is InChI=1S/C24H24FN5O3/c25-18-12-20-21(13-19(18)27-10-8-26-9-11-27)28(17-6-7-17)22-14-23(31)30(24(32)29(20)22)33-15-16-4-2-1-3-5-16/h1-5,12-14,17,26H,6-11,15H2. The van der Waals surface area contributed by atoms with E-state index < -0.39 is 11.2 Å². The molecule has 1 saturated carbocycles. The smallest absolute Gasteiger partial charge is 0.370 e. The lowest BCUT2D eigenvalue weighted by molar-refractivity contribution is 0.0785. The summed E-state index contributed by atoms with van der Waals surface area (Å²) in [6.07, 6.45) is 1.92. The Kier molecular flexibility index (Phi) is 4.72. The minimum absolute atomic E-state index is 0.0742. The SMILES string of the molecule is O=c1cc2n(C3CC3)c3cc(N4CCNCC4)c(F)cc3n2c(=O)n1OCc1ccccc1. The number of imidazole rings is 1. The molecule has 2 fully saturated rings. The van der Waals surface area contributed by atoms with E-state index in [1.54, 1.807) is 0 Å². The number of halogens is 1. The van der Waals surface area contributed by atoms with Gasteiger partial charge in [-0.15, -0.1) is 0 Å². The Morgan fingerprint density at radius 1 is 1.00 bits per heavy atom. The normalized spacial score (nSPS) is 16.6. The summed E-state index contributed by atoms with van der Waals surface area (Å²) in [7, 11) is 0. The maximum absolute atomic E-state index is 15.3. The van der Waals surface area contributed by atoms with Crippen molar-refractivity contribution >= 4 is 22.4 Å². The second-order valence-electron chi connectivity index (χ2n) is 8.64. The van der Waals surface area contributed by atoms with Crippen LogP contribution in [0.1, 0.15) is 24.4 Å². The van der Waals surface area contributed by atoms with Crippen LogP contribution in [0.25, 0.3) is 16.7 Å². The van der Waals surface area contributed by atoms with Crippen molar-refractivity contribution in [3.05, 3.63) is 80.7 Å². The molecule has 0 spiro atoms. The number of hydrogen-bond acceptors (Lipinski definition) is 5. The molecule has 9 heteroatoms. The highest BCUT2D eigenvalue weighted by Gasteiger charge is 2.30. The van der Waals surface area contributed by atoms with Crippen LogP contribution in [-0.2, 0) is 6.61 Å². The molecule has 3 heterocycles. The summed E-state index contributed by atoms with van der Waals surface area (Å²) >= 11 is 0. The van der Waals surface area contributed by atoms with Gasteiger partial charge in [-0.1, -0.05) is 35.1 Å². The van der Waals surface area contributed by atoms with Gasteiger partial charge in [0.25, 0.3) is 5.56 Å². The number of hydrogen-bond donors (Lipinski definition) is 1. The quantitative estimate of drug-likeness (QED) is 0.504. The van der Waals surface area contributed by atoms with Gasteiger partial charge in [0.05, 0.1) is 16.7 Å². The number of rotatable bonds is 5. The summed E-state index contributed by atoms with van der Waals surface area (Å²) in [5.74, 6) is -0.380. The van der Waals surface area contributed by atoms with Crippen LogP contribution in [0.2, 0.25) is 0 Å². The second-order valence-corrected chi connectivity index (χ2v) is 8.64. The number of piperazine rings is 1. The van der Waals surface area contributed by atoms with Crippen LogP contribution >= 0.6 is 0 Å². The van der Waals surface area contributed by atoms with Crippen molar-refractivity contribution in [2.45, 2.75) is 25.5 Å². The van der Waals surface area contributed by atoms with Gasteiger partial charge in [-0.25, -0.2) is 13.6 Å². The van der Waals surface area contributed by atoms with Gasteiger partial charge in [-0.2, -0.15) is 0 Å². The molecule has 2 aromatic carbocycles. The Balaban J connectivity index is 1.53. The third kappa shape index (κ3) is 3.39. The number of fused-ring (bicyclic) bond motifs is 3. The Morgan fingerprint density at radius 3 is 2.48 bits per heavy atom. The molecule has 2 aliphatic rings. The van der Waals surface area contributed by atoms with Crippen LogP contribution in [0.5, 0.6) is 0 Å². The van der Waals surface area contributed by atoms with E-state index in [0.29, 0.717) is 29.9 Å². The first-order chi connectivity index (χ1) is 16.1. The molecule has 4 aromatic rings. The Hall–Kier alpha value is -3.59. The highest BCUT2D eigenvalue weighted by Crippen LogP contribution is 2.40. The largest absolute Gasteiger partial charge is 0.401 e. The molecule has 170 valence electrons. The summed E-state index contributed by atoms with van der Waals surface area (Å²) < 4.78 is 19.4. The predicted octanol–water partition coefficient (Wildman–Crippen LogP) is 1.93. The third-order valence-electron chi connectivity index (χ3n) is 6.41. The van der Waals surface area contributed by atoms with Crippen LogP contribution < -0.4 is 26.3 Å². The molecule has 0 bridgehead atoms. The molecular weight excluding hydrogens is 425 g/mol. The van der Waals surface area contributed by atoms with E-state index in [4.69, 9.17) is 4.84 Å². The number of anilines is 1. The summed E-state index contributed by atoms with van der Waals surface area (Å²) in [5.41, 5.74) is 1.85. The fourth-order valence-electron chi connectivity index (χ4n) is 4.65. The van der Waals surface area contributed by atoms with Crippen LogP contribution in [-0.4, -0.2) is 39.9 Å². The molecule has 2 aromatic heterocycles. The van der Waals surface area contributed by atoms with Crippen LogP contribution in [0, 0.1) is 5.82 Å².